The summed E-state index contributed by atoms with van der Waals surface area (Å²) >= 11 is 0. The Morgan fingerprint density at radius 3 is 2.38 bits per heavy atom. The van der Waals surface area contributed by atoms with E-state index in [1.54, 1.807) is 11.9 Å². The second-order valence-electron chi connectivity index (χ2n) is 6.81. The van der Waals surface area contributed by atoms with Crippen LogP contribution >= 0.6 is 12.4 Å². The Balaban J connectivity index is 0.00000161. The van der Waals surface area contributed by atoms with Crippen LogP contribution in [0.2, 0.25) is 0 Å². The first-order valence-corrected chi connectivity index (χ1v) is 7.87. The molecule has 3 atom stereocenters. The van der Waals surface area contributed by atoms with E-state index in [2.05, 4.69) is 5.32 Å². The molecular formula is C15H26ClN3O2. The number of carbonyl (C=O) groups is 2. The third kappa shape index (κ3) is 3.19. The van der Waals surface area contributed by atoms with Crippen molar-refractivity contribution >= 4 is 24.2 Å². The van der Waals surface area contributed by atoms with Crippen molar-refractivity contribution in [2.75, 3.05) is 13.6 Å². The Labute approximate surface area is 132 Å². The lowest BCUT2D eigenvalue weighted by atomic mass is 9.65. The molecule has 120 valence electrons. The molecule has 3 rings (SSSR count). The van der Waals surface area contributed by atoms with E-state index in [0.717, 1.165) is 38.6 Å². The van der Waals surface area contributed by atoms with Gasteiger partial charge in [-0.2, -0.15) is 0 Å². The molecule has 1 saturated heterocycles. The van der Waals surface area contributed by atoms with Crippen molar-refractivity contribution in [3.8, 4) is 0 Å². The normalized spacial score (nSPS) is 38.9. The monoisotopic (exact) mass is 315 g/mol. The van der Waals surface area contributed by atoms with Crippen molar-refractivity contribution in [1.29, 1.82) is 0 Å². The molecule has 3 fully saturated rings. The summed E-state index contributed by atoms with van der Waals surface area (Å²) in [4.78, 5) is 26.0. The lowest BCUT2D eigenvalue weighted by molar-refractivity contribution is -0.134. The van der Waals surface area contributed by atoms with Gasteiger partial charge in [0, 0.05) is 25.6 Å². The summed E-state index contributed by atoms with van der Waals surface area (Å²) in [5.41, 5.74) is 6.26. The van der Waals surface area contributed by atoms with Crippen LogP contribution < -0.4 is 11.1 Å². The molecule has 0 aromatic carbocycles. The standard InChI is InChI=1S/C15H25N3O2.ClH/c1-18-6-5-12(15(18)20)17-14(19)11-7-9-3-2-4-10(8-11)13(9)16;/h9-13H,2-8,16H2,1H3,(H,17,19);1H. The minimum atomic E-state index is -0.303. The fourth-order valence-corrected chi connectivity index (χ4v) is 4.25. The van der Waals surface area contributed by atoms with Crippen LogP contribution in [0.15, 0.2) is 0 Å². The molecule has 2 saturated carbocycles. The molecule has 21 heavy (non-hydrogen) atoms. The van der Waals surface area contributed by atoms with Gasteiger partial charge >= 0.3 is 0 Å². The van der Waals surface area contributed by atoms with E-state index in [1.165, 1.54) is 6.42 Å². The zero-order chi connectivity index (χ0) is 14.3. The van der Waals surface area contributed by atoms with E-state index in [0.29, 0.717) is 11.8 Å². The molecule has 5 nitrogen and oxygen atoms in total. The summed E-state index contributed by atoms with van der Waals surface area (Å²) in [6.45, 7) is 0.741. The van der Waals surface area contributed by atoms with Crippen molar-refractivity contribution < 1.29 is 9.59 Å². The molecule has 3 aliphatic rings. The van der Waals surface area contributed by atoms with Crippen molar-refractivity contribution in [2.45, 2.75) is 50.6 Å². The van der Waals surface area contributed by atoms with Crippen LogP contribution in [0.4, 0.5) is 0 Å². The SMILES string of the molecule is CN1CCC(NC(=O)C2CC3CCCC(C2)C3N)C1=O.Cl. The average molecular weight is 316 g/mol. The Morgan fingerprint density at radius 1 is 1.24 bits per heavy atom. The predicted molar refractivity (Wildman–Crippen MR) is 83.0 cm³/mol. The lowest BCUT2D eigenvalue weighted by Gasteiger charge is -2.43. The first-order valence-electron chi connectivity index (χ1n) is 7.87. The molecule has 1 aliphatic heterocycles. The van der Waals surface area contributed by atoms with E-state index in [9.17, 15) is 9.59 Å². The number of likely N-dealkylation sites (N-methyl/N-ethyl adjacent to an activating group) is 1. The van der Waals surface area contributed by atoms with Crippen LogP contribution in [-0.2, 0) is 9.59 Å². The van der Waals surface area contributed by atoms with Gasteiger partial charge in [0.05, 0.1) is 0 Å². The first kappa shape index (κ1) is 16.6. The second-order valence-corrected chi connectivity index (χ2v) is 6.81. The van der Waals surface area contributed by atoms with Crippen LogP contribution in [0.3, 0.4) is 0 Å². The first-order chi connectivity index (χ1) is 9.56. The maximum Gasteiger partial charge on any atom is 0.244 e. The highest BCUT2D eigenvalue weighted by Gasteiger charge is 2.41. The number of fused-ring (bicyclic) bond motifs is 2. The number of hydrogen-bond acceptors (Lipinski definition) is 3. The fourth-order valence-electron chi connectivity index (χ4n) is 4.25. The van der Waals surface area contributed by atoms with Gasteiger partial charge in [-0.25, -0.2) is 0 Å². The molecule has 0 spiro atoms. The number of nitrogens with one attached hydrogen (secondary N) is 1. The van der Waals surface area contributed by atoms with Crippen LogP contribution in [0.5, 0.6) is 0 Å². The second kappa shape index (κ2) is 6.53. The summed E-state index contributed by atoms with van der Waals surface area (Å²) in [5.74, 6) is 1.18. The minimum absolute atomic E-state index is 0. The van der Waals surface area contributed by atoms with Gasteiger partial charge in [-0.15, -0.1) is 12.4 Å². The molecule has 3 unspecified atom stereocenters. The Bertz CT molecular complexity index is 404. The molecular weight excluding hydrogens is 290 g/mol. The van der Waals surface area contributed by atoms with Crippen LogP contribution in [-0.4, -0.2) is 42.4 Å². The number of hydrogen-bond donors (Lipinski definition) is 2. The smallest absolute Gasteiger partial charge is 0.244 e. The van der Waals surface area contributed by atoms with E-state index >= 15 is 0 Å². The van der Waals surface area contributed by atoms with E-state index in [1.807, 2.05) is 0 Å². The van der Waals surface area contributed by atoms with E-state index in [4.69, 9.17) is 5.73 Å². The molecule has 1 heterocycles. The van der Waals surface area contributed by atoms with Gasteiger partial charge in [0.15, 0.2) is 0 Å². The van der Waals surface area contributed by atoms with Gasteiger partial charge in [-0.3, -0.25) is 9.59 Å². The van der Waals surface area contributed by atoms with Crippen LogP contribution in [0.1, 0.15) is 38.5 Å². The summed E-state index contributed by atoms with van der Waals surface area (Å²) in [6, 6.07) is -0.0185. The van der Waals surface area contributed by atoms with Crippen LogP contribution in [0, 0.1) is 17.8 Å². The zero-order valence-electron chi connectivity index (χ0n) is 12.6. The molecule has 2 amide bonds. The molecule has 2 aliphatic carbocycles. The highest BCUT2D eigenvalue weighted by Crippen LogP contribution is 2.41. The molecule has 6 heteroatoms. The Kier molecular flexibility index (Phi) is 5.15. The van der Waals surface area contributed by atoms with Gasteiger partial charge in [0.2, 0.25) is 11.8 Å². The van der Waals surface area contributed by atoms with Gasteiger partial charge in [-0.05, 0) is 43.9 Å². The Morgan fingerprint density at radius 2 is 1.86 bits per heavy atom. The molecule has 0 aromatic heterocycles. The molecule has 3 N–H and O–H groups in total. The Hall–Kier alpha value is -0.810. The number of amides is 2. The molecule has 0 radical (unpaired) electrons. The topological polar surface area (TPSA) is 75.4 Å². The number of nitrogens with zero attached hydrogens (tertiary/aromatic N) is 1. The third-order valence-corrected chi connectivity index (χ3v) is 5.53. The predicted octanol–water partition coefficient (Wildman–Crippen LogP) is 0.909. The van der Waals surface area contributed by atoms with Gasteiger partial charge < -0.3 is 16.0 Å². The van der Waals surface area contributed by atoms with Crippen molar-refractivity contribution in [3.05, 3.63) is 0 Å². The van der Waals surface area contributed by atoms with Crippen molar-refractivity contribution in [1.82, 2.24) is 10.2 Å². The lowest BCUT2D eigenvalue weighted by Crippen LogP contribution is -2.51. The highest BCUT2D eigenvalue weighted by molar-refractivity contribution is 5.89. The maximum atomic E-state index is 12.4. The fraction of sp³-hybridized carbons (Fsp3) is 0.867. The number of halogens is 1. The number of nitrogens with two attached hydrogens (primary N) is 1. The quantitative estimate of drug-likeness (QED) is 0.795. The van der Waals surface area contributed by atoms with E-state index < -0.39 is 0 Å². The minimum Gasteiger partial charge on any atom is -0.344 e. The average Bonchev–Trinajstić information content (AvgIpc) is 2.70. The van der Waals surface area contributed by atoms with Crippen molar-refractivity contribution in [2.24, 2.45) is 23.5 Å². The largest absolute Gasteiger partial charge is 0.344 e. The highest BCUT2D eigenvalue weighted by atomic mass is 35.5. The number of rotatable bonds is 2. The maximum absolute atomic E-state index is 12.4. The van der Waals surface area contributed by atoms with Crippen LogP contribution in [0.25, 0.3) is 0 Å². The number of likely N-dealkylation sites (tertiary alicyclic amines) is 1. The summed E-state index contributed by atoms with van der Waals surface area (Å²) < 4.78 is 0. The third-order valence-electron chi connectivity index (χ3n) is 5.53. The zero-order valence-corrected chi connectivity index (χ0v) is 13.4. The summed E-state index contributed by atoms with van der Waals surface area (Å²) in [7, 11) is 1.79. The molecule has 0 aromatic rings. The summed E-state index contributed by atoms with van der Waals surface area (Å²) in [6.07, 6.45) is 6.11. The summed E-state index contributed by atoms with van der Waals surface area (Å²) in [5, 5.41) is 2.96. The number of carbonyl (C=O) groups excluding carboxylic acids is 2. The molecule has 2 bridgehead atoms. The van der Waals surface area contributed by atoms with Gasteiger partial charge in [0.25, 0.3) is 0 Å². The van der Waals surface area contributed by atoms with Gasteiger partial charge in [0.1, 0.15) is 6.04 Å². The van der Waals surface area contributed by atoms with Gasteiger partial charge in [-0.1, -0.05) is 6.42 Å². The van der Waals surface area contributed by atoms with Crippen molar-refractivity contribution in [3.63, 3.8) is 0 Å². The van der Waals surface area contributed by atoms with E-state index in [-0.39, 0.29) is 42.2 Å².